The predicted molar refractivity (Wildman–Crippen MR) is 118 cm³/mol. The summed E-state index contributed by atoms with van der Waals surface area (Å²) >= 11 is 6.25. The van der Waals surface area contributed by atoms with E-state index in [0.717, 1.165) is 16.8 Å². The smallest absolute Gasteiger partial charge is 0.172 e. The quantitative estimate of drug-likeness (QED) is 0.706. The number of carbonyl (C=O) groups excluding carboxylic acids is 1. The molecule has 0 radical (unpaired) electrons. The van der Waals surface area contributed by atoms with Gasteiger partial charge < -0.3 is 15.0 Å². The standard InChI is InChI=1S/C23H19ClN4O2/c1-30-21-6-5-13(10-19(21)24)28-14-9-17-18(12-27-23(17)26-11-14)22(29)16-3-2-4-20-15(16)7-8-25-20/h2-9,11-12,15-16,25H,10H2,1H3,(H,26,27). The maximum Gasteiger partial charge on any atom is 0.172 e. The molecule has 0 amide bonds. The molecule has 2 aromatic rings. The van der Waals surface area contributed by atoms with Gasteiger partial charge in [-0.1, -0.05) is 29.8 Å². The normalized spacial score (nSPS) is 23.7. The van der Waals surface area contributed by atoms with Gasteiger partial charge in [0.25, 0.3) is 0 Å². The van der Waals surface area contributed by atoms with Gasteiger partial charge in [-0.05, 0) is 30.5 Å². The van der Waals surface area contributed by atoms with Crippen LogP contribution >= 0.6 is 11.6 Å². The lowest BCUT2D eigenvalue weighted by Crippen LogP contribution is -2.25. The summed E-state index contributed by atoms with van der Waals surface area (Å²) < 4.78 is 5.21. The zero-order valence-corrected chi connectivity index (χ0v) is 17.0. The number of H-pyrrole nitrogens is 1. The number of Topliss-reactive ketones (excluding diaryl/α,β-unsaturated/α-hetero) is 1. The molecule has 150 valence electrons. The Morgan fingerprint density at radius 2 is 2.23 bits per heavy atom. The molecule has 2 aromatic heterocycles. The van der Waals surface area contributed by atoms with Crippen LogP contribution in [-0.2, 0) is 4.74 Å². The SMILES string of the molecule is COC1=C(Cl)CC(=Nc2cnc3[nH]cc(C(=O)C4C=CC=C5NC=CC54)c3c2)C=C1. The number of fused-ring (bicyclic) bond motifs is 2. The first-order valence-corrected chi connectivity index (χ1v) is 10.0. The topological polar surface area (TPSA) is 79.4 Å². The van der Waals surface area contributed by atoms with Crippen molar-refractivity contribution in [1.29, 1.82) is 0 Å². The molecule has 6 nitrogen and oxygen atoms in total. The van der Waals surface area contributed by atoms with E-state index in [4.69, 9.17) is 16.3 Å². The fraction of sp³-hybridized carbons (Fsp3) is 0.174. The zero-order chi connectivity index (χ0) is 20.7. The third-order valence-electron chi connectivity index (χ3n) is 5.50. The largest absolute Gasteiger partial charge is 0.496 e. The van der Waals surface area contributed by atoms with Crippen LogP contribution in [0.3, 0.4) is 0 Å². The second-order valence-electron chi connectivity index (χ2n) is 7.30. The number of nitrogens with one attached hydrogen (secondary N) is 2. The summed E-state index contributed by atoms with van der Waals surface area (Å²) in [6, 6.07) is 1.89. The van der Waals surface area contributed by atoms with E-state index in [0.29, 0.717) is 34.1 Å². The van der Waals surface area contributed by atoms with Gasteiger partial charge in [0, 0.05) is 40.9 Å². The molecule has 7 heteroatoms. The summed E-state index contributed by atoms with van der Waals surface area (Å²) in [6.07, 6.45) is 17.4. The van der Waals surface area contributed by atoms with E-state index >= 15 is 0 Å². The molecule has 0 spiro atoms. The summed E-state index contributed by atoms with van der Waals surface area (Å²) in [5.74, 6) is 0.497. The van der Waals surface area contributed by atoms with Crippen molar-refractivity contribution in [3.8, 4) is 0 Å². The summed E-state index contributed by atoms with van der Waals surface area (Å²) in [4.78, 5) is 25.6. The number of rotatable bonds is 4. The number of aromatic nitrogens is 2. The van der Waals surface area contributed by atoms with Crippen LogP contribution in [0.5, 0.6) is 0 Å². The molecule has 2 aliphatic carbocycles. The highest BCUT2D eigenvalue weighted by molar-refractivity contribution is 6.32. The molecule has 0 aromatic carbocycles. The van der Waals surface area contributed by atoms with Crippen LogP contribution < -0.4 is 5.32 Å². The van der Waals surface area contributed by atoms with Crippen LogP contribution in [-0.4, -0.2) is 28.6 Å². The van der Waals surface area contributed by atoms with Crippen molar-refractivity contribution in [2.24, 2.45) is 16.8 Å². The van der Waals surface area contributed by atoms with Crippen LogP contribution in [0, 0.1) is 11.8 Å². The van der Waals surface area contributed by atoms with Crippen molar-refractivity contribution in [3.63, 3.8) is 0 Å². The molecule has 1 aliphatic heterocycles. The molecule has 3 aliphatic rings. The Labute approximate surface area is 178 Å². The number of ketones is 1. The number of carbonyl (C=O) groups is 1. The highest BCUT2D eigenvalue weighted by Crippen LogP contribution is 2.34. The summed E-state index contributed by atoms with van der Waals surface area (Å²) in [5.41, 5.74) is 3.80. The maximum absolute atomic E-state index is 13.4. The molecule has 0 saturated heterocycles. The van der Waals surface area contributed by atoms with Crippen LogP contribution in [0.1, 0.15) is 16.8 Å². The lowest BCUT2D eigenvalue weighted by Gasteiger charge is -2.22. The van der Waals surface area contributed by atoms with E-state index in [1.165, 1.54) is 0 Å². The number of ether oxygens (including phenoxy) is 1. The second kappa shape index (κ2) is 7.46. The van der Waals surface area contributed by atoms with Gasteiger partial charge >= 0.3 is 0 Å². The molecule has 3 heterocycles. The van der Waals surface area contributed by atoms with E-state index in [1.54, 1.807) is 25.6 Å². The van der Waals surface area contributed by atoms with Gasteiger partial charge in [-0.15, -0.1) is 0 Å². The highest BCUT2D eigenvalue weighted by Gasteiger charge is 2.32. The number of methoxy groups -OCH3 is 1. The predicted octanol–water partition coefficient (Wildman–Crippen LogP) is 4.68. The first-order valence-electron chi connectivity index (χ1n) is 9.65. The van der Waals surface area contributed by atoms with E-state index in [-0.39, 0.29) is 17.6 Å². The number of aromatic amines is 1. The van der Waals surface area contributed by atoms with E-state index in [2.05, 4.69) is 20.3 Å². The molecule has 2 atom stereocenters. The summed E-state index contributed by atoms with van der Waals surface area (Å²) in [6.45, 7) is 0. The van der Waals surface area contributed by atoms with Gasteiger partial charge in [-0.25, -0.2) is 4.98 Å². The van der Waals surface area contributed by atoms with Gasteiger partial charge in [-0.2, -0.15) is 0 Å². The lowest BCUT2D eigenvalue weighted by molar-refractivity contribution is 0.0931. The third kappa shape index (κ3) is 3.19. The Hall–Kier alpha value is -3.38. The average molecular weight is 419 g/mol. The van der Waals surface area contributed by atoms with Crippen LogP contribution in [0.15, 0.2) is 82.6 Å². The minimum absolute atomic E-state index is 0.0418. The minimum atomic E-state index is -0.247. The van der Waals surface area contributed by atoms with E-state index in [1.807, 2.05) is 42.6 Å². The first kappa shape index (κ1) is 18.6. The number of pyridine rings is 1. The number of hydrogen-bond donors (Lipinski definition) is 2. The molecule has 0 fully saturated rings. The molecule has 30 heavy (non-hydrogen) atoms. The van der Waals surface area contributed by atoms with Crippen LogP contribution in [0.25, 0.3) is 11.0 Å². The van der Waals surface area contributed by atoms with Crippen molar-refractivity contribution in [1.82, 2.24) is 15.3 Å². The monoisotopic (exact) mass is 418 g/mol. The third-order valence-corrected chi connectivity index (χ3v) is 5.82. The minimum Gasteiger partial charge on any atom is -0.496 e. The van der Waals surface area contributed by atoms with E-state index in [9.17, 15) is 4.79 Å². The molecule has 0 saturated carbocycles. The first-order chi connectivity index (χ1) is 14.6. The fourth-order valence-electron chi connectivity index (χ4n) is 4.00. The second-order valence-corrected chi connectivity index (χ2v) is 7.76. The Morgan fingerprint density at radius 1 is 1.33 bits per heavy atom. The van der Waals surface area contributed by atoms with Crippen LogP contribution in [0.4, 0.5) is 5.69 Å². The van der Waals surface area contributed by atoms with Crippen molar-refractivity contribution >= 4 is 39.8 Å². The summed E-state index contributed by atoms with van der Waals surface area (Å²) in [5, 5.41) is 4.57. The Balaban J connectivity index is 1.46. The van der Waals surface area contributed by atoms with Crippen molar-refractivity contribution in [3.05, 3.63) is 83.2 Å². The van der Waals surface area contributed by atoms with Crippen molar-refractivity contribution < 1.29 is 9.53 Å². The van der Waals surface area contributed by atoms with Gasteiger partial charge in [0.05, 0.1) is 29.9 Å². The Morgan fingerprint density at radius 3 is 3.07 bits per heavy atom. The fourth-order valence-corrected chi connectivity index (χ4v) is 4.27. The lowest BCUT2D eigenvalue weighted by atomic mass is 9.82. The van der Waals surface area contributed by atoms with Gasteiger partial charge in [0.15, 0.2) is 5.78 Å². The van der Waals surface area contributed by atoms with Gasteiger partial charge in [-0.3, -0.25) is 9.79 Å². The summed E-state index contributed by atoms with van der Waals surface area (Å²) in [7, 11) is 1.59. The Kier molecular flexibility index (Phi) is 4.64. The average Bonchev–Trinajstić information content (AvgIpc) is 3.40. The van der Waals surface area contributed by atoms with Gasteiger partial charge in [0.2, 0.25) is 0 Å². The van der Waals surface area contributed by atoms with Crippen molar-refractivity contribution in [2.45, 2.75) is 6.42 Å². The molecular formula is C23H19ClN4O2. The number of halogens is 1. The molecule has 2 N–H and O–H groups in total. The number of hydrogen-bond acceptors (Lipinski definition) is 5. The van der Waals surface area contributed by atoms with Gasteiger partial charge in [0.1, 0.15) is 11.4 Å². The molecule has 0 bridgehead atoms. The molecule has 5 rings (SSSR count). The Bertz CT molecular complexity index is 1230. The molecule has 2 unspecified atom stereocenters. The van der Waals surface area contributed by atoms with E-state index < -0.39 is 0 Å². The zero-order valence-electron chi connectivity index (χ0n) is 16.2. The number of aliphatic imine (C=N–C) groups is 1. The highest BCUT2D eigenvalue weighted by atomic mass is 35.5. The van der Waals surface area contributed by atoms with Crippen molar-refractivity contribution in [2.75, 3.05) is 7.11 Å². The van der Waals surface area contributed by atoms with Crippen LogP contribution in [0.2, 0.25) is 0 Å². The number of nitrogens with zero attached hydrogens (tertiary/aromatic N) is 2. The maximum atomic E-state index is 13.4. The molecular weight excluding hydrogens is 400 g/mol. The number of allylic oxidation sites excluding steroid dienone is 7.